The Balaban J connectivity index is 2.59. The lowest BCUT2D eigenvalue weighted by atomic mass is 10.3. The maximum Gasteiger partial charge on any atom is 0.321 e. The largest absolute Gasteiger partial charge is 0.466 e. The van der Waals surface area contributed by atoms with Crippen LogP contribution in [-0.4, -0.2) is 50.3 Å². The number of hydrogen-bond donors (Lipinski definition) is 1. The number of ether oxygens (including phenoxy) is 2. The summed E-state index contributed by atoms with van der Waals surface area (Å²) < 4.78 is 9.90. The van der Waals surface area contributed by atoms with Crippen molar-refractivity contribution in [2.24, 2.45) is 0 Å². The first-order chi connectivity index (χ1) is 11.1. The van der Waals surface area contributed by atoms with Gasteiger partial charge >= 0.3 is 12.0 Å². The molecule has 0 bridgehead atoms. The van der Waals surface area contributed by atoms with Crippen LogP contribution >= 0.6 is 11.6 Å². The molecule has 0 aliphatic rings. The third-order valence-corrected chi connectivity index (χ3v) is 3.30. The first-order valence-electron chi connectivity index (χ1n) is 7.53. The van der Waals surface area contributed by atoms with Gasteiger partial charge in [-0.3, -0.25) is 4.79 Å². The molecule has 0 atom stereocenters. The molecule has 0 aliphatic heterocycles. The average molecular weight is 343 g/mol. The summed E-state index contributed by atoms with van der Waals surface area (Å²) in [5.74, 6) is -0.316. The Bertz CT molecular complexity index is 493. The van der Waals surface area contributed by atoms with Crippen molar-refractivity contribution in [2.75, 3.05) is 38.7 Å². The van der Waals surface area contributed by atoms with Gasteiger partial charge in [-0.1, -0.05) is 11.6 Å². The van der Waals surface area contributed by atoms with Crippen molar-refractivity contribution in [1.82, 2.24) is 4.90 Å². The Hall–Kier alpha value is -1.79. The van der Waals surface area contributed by atoms with E-state index in [4.69, 9.17) is 21.1 Å². The summed E-state index contributed by atoms with van der Waals surface area (Å²) in [6, 6.07) is 6.57. The number of nitrogens with one attached hydrogen (secondary N) is 1. The molecule has 1 rings (SSSR count). The van der Waals surface area contributed by atoms with Gasteiger partial charge in [0.05, 0.1) is 13.0 Å². The highest BCUT2D eigenvalue weighted by Crippen LogP contribution is 2.14. The van der Waals surface area contributed by atoms with Crippen molar-refractivity contribution in [3.8, 4) is 0 Å². The Kier molecular flexibility index (Phi) is 9.09. The summed E-state index contributed by atoms with van der Waals surface area (Å²) in [4.78, 5) is 25.4. The molecule has 1 aromatic carbocycles. The Morgan fingerprint density at radius 2 is 1.91 bits per heavy atom. The number of anilines is 1. The van der Waals surface area contributed by atoms with Gasteiger partial charge in [0.15, 0.2) is 0 Å². The molecule has 0 heterocycles. The lowest BCUT2D eigenvalue weighted by Gasteiger charge is -2.22. The fourth-order valence-corrected chi connectivity index (χ4v) is 2.04. The van der Waals surface area contributed by atoms with Crippen LogP contribution in [-0.2, 0) is 14.3 Å². The van der Waals surface area contributed by atoms with E-state index in [1.807, 2.05) is 0 Å². The third-order valence-electron chi connectivity index (χ3n) is 3.05. The number of urea groups is 1. The number of carbonyl (C=O) groups excluding carboxylic acids is 2. The van der Waals surface area contributed by atoms with Crippen molar-refractivity contribution in [3.05, 3.63) is 29.3 Å². The van der Waals surface area contributed by atoms with Crippen LogP contribution in [0.25, 0.3) is 0 Å². The van der Waals surface area contributed by atoms with E-state index >= 15 is 0 Å². The van der Waals surface area contributed by atoms with Gasteiger partial charge in [-0.15, -0.1) is 0 Å². The van der Waals surface area contributed by atoms with Gasteiger partial charge in [-0.25, -0.2) is 4.79 Å². The minimum atomic E-state index is -0.316. The molecule has 1 aromatic rings. The average Bonchev–Trinajstić information content (AvgIpc) is 2.53. The van der Waals surface area contributed by atoms with Crippen LogP contribution in [0.15, 0.2) is 24.3 Å². The predicted molar refractivity (Wildman–Crippen MR) is 89.8 cm³/mol. The van der Waals surface area contributed by atoms with Crippen LogP contribution < -0.4 is 5.32 Å². The van der Waals surface area contributed by atoms with E-state index in [1.54, 1.807) is 43.2 Å². The van der Waals surface area contributed by atoms with Gasteiger partial charge in [-0.2, -0.15) is 0 Å². The summed E-state index contributed by atoms with van der Waals surface area (Å²) in [6.07, 6.45) is 0.849. The predicted octanol–water partition coefficient (Wildman–Crippen LogP) is 3.16. The molecule has 2 amide bonds. The van der Waals surface area contributed by atoms with Crippen LogP contribution in [0.5, 0.6) is 0 Å². The molecule has 1 N–H and O–H groups in total. The lowest BCUT2D eigenvalue weighted by Crippen LogP contribution is -2.37. The second-order valence-corrected chi connectivity index (χ2v) is 5.26. The Labute approximate surface area is 141 Å². The zero-order valence-corrected chi connectivity index (χ0v) is 14.3. The summed E-state index contributed by atoms with van der Waals surface area (Å²) in [5, 5.41) is 3.39. The number of amides is 2. The minimum absolute atomic E-state index is 0.162. The number of hydrogen-bond acceptors (Lipinski definition) is 4. The summed E-state index contributed by atoms with van der Waals surface area (Å²) in [7, 11) is 1.61. The number of esters is 1. The highest BCUT2D eigenvalue weighted by Gasteiger charge is 2.15. The van der Waals surface area contributed by atoms with E-state index in [0.717, 1.165) is 0 Å². The maximum absolute atomic E-state index is 12.4. The number of methoxy groups -OCH3 is 1. The molecule has 0 saturated heterocycles. The SMILES string of the molecule is CCOC(=O)CCN(CCCOC)C(=O)Nc1ccc(Cl)cc1. The molecule has 0 radical (unpaired) electrons. The normalized spacial score (nSPS) is 10.2. The molecular formula is C16H23ClN2O4. The van der Waals surface area contributed by atoms with Crippen molar-refractivity contribution < 1.29 is 19.1 Å². The van der Waals surface area contributed by atoms with E-state index in [2.05, 4.69) is 5.32 Å². The van der Waals surface area contributed by atoms with Crippen LogP contribution in [0.1, 0.15) is 19.8 Å². The molecule has 7 heteroatoms. The van der Waals surface area contributed by atoms with Crippen LogP contribution in [0, 0.1) is 0 Å². The van der Waals surface area contributed by atoms with Gasteiger partial charge in [0.1, 0.15) is 0 Å². The summed E-state index contributed by atoms with van der Waals surface area (Å²) >= 11 is 5.82. The van der Waals surface area contributed by atoms with E-state index in [1.165, 1.54) is 0 Å². The van der Waals surface area contributed by atoms with Crippen molar-refractivity contribution in [1.29, 1.82) is 0 Å². The molecule has 128 valence electrons. The van der Waals surface area contributed by atoms with Crippen molar-refractivity contribution in [2.45, 2.75) is 19.8 Å². The van der Waals surface area contributed by atoms with E-state index in [9.17, 15) is 9.59 Å². The number of rotatable bonds is 9. The molecule has 0 unspecified atom stereocenters. The Morgan fingerprint density at radius 1 is 1.22 bits per heavy atom. The topological polar surface area (TPSA) is 67.9 Å². The molecule has 6 nitrogen and oxygen atoms in total. The standard InChI is InChI=1S/C16H23ClN2O4/c1-3-23-15(20)9-11-19(10-4-12-22-2)16(21)18-14-7-5-13(17)6-8-14/h5-8H,3-4,9-12H2,1-2H3,(H,18,21). The Morgan fingerprint density at radius 3 is 2.52 bits per heavy atom. The van der Waals surface area contributed by atoms with Gasteiger partial charge in [0, 0.05) is 37.5 Å². The molecular weight excluding hydrogens is 320 g/mol. The number of carbonyl (C=O) groups is 2. The molecule has 0 spiro atoms. The van der Waals surface area contributed by atoms with Gasteiger partial charge in [-0.05, 0) is 37.6 Å². The molecule has 0 aromatic heterocycles. The van der Waals surface area contributed by atoms with Crippen molar-refractivity contribution in [3.63, 3.8) is 0 Å². The van der Waals surface area contributed by atoms with Gasteiger partial charge in [0.2, 0.25) is 0 Å². The van der Waals surface area contributed by atoms with E-state index in [0.29, 0.717) is 43.4 Å². The van der Waals surface area contributed by atoms with Gasteiger partial charge < -0.3 is 19.7 Å². The highest BCUT2D eigenvalue weighted by molar-refractivity contribution is 6.30. The zero-order valence-electron chi connectivity index (χ0n) is 13.5. The summed E-state index contributed by atoms with van der Waals surface area (Å²) in [6.45, 7) is 3.42. The smallest absolute Gasteiger partial charge is 0.321 e. The number of halogens is 1. The van der Waals surface area contributed by atoms with Gasteiger partial charge in [0.25, 0.3) is 0 Å². The lowest BCUT2D eigenvalue weighted by molar-refractivity contribution is -0.143. The van der Waals surface area contributed by atoms with Crippen LogP contribution in [0.2, 0.25) is 5.02 Å². The highest BCUT2D eigenvalue weighted by atomic mass is 35.5. The number of nitrogens with zero attached hydrogens (tertiary/aromatic N) is 1. The fourth-order valence-electron chi connectivity index (χ4n) is 1.91. The second kappa shape index (κ2) is 10.9. The second-order valence-electron chi connectivity index (χ2n) is 4.83. The fraction of sp³-hybridized carbons (Fsp3) is 0.500. The number of benzene rings is 1. The molecule has 0 fully saturated rings. The molecule has 0 aliphatic carbocycles. The van der Waals surface area contributed by atoms with E-state index in [-0.39, 0.29) is 18.4 Å². The first kappa shape index (κ1) is 19.3. The maximum atomic E-state index is 12.4. The monoisotopic (exact) mass is 342 g/mol. The van der Waals surface area contributed by atoms with Crippen LogP contribution in [0.3, 0.4) is 0 Å². The summed E-state index contributed by atoms with van der Waals surface area (Å²) in [5.41, 5.74) is 0.646. The minimum Gasteiger partial charge on any atom is -0.466 e. The zero-order chi connectivity index (χ0) is 17.1. The quantitative estimate of drug-likeness (QED) is 0.553. The molecule has 0 saturated carbocycles. The van der Waals surface area contributed by atoms with Crippen molar-refractivity contribution >= 4 is 29.3 Å². The third kappa shape index (κ3) is 7.85. The molecule has 23 heavy (non-hydrogen) atoms. The first-order valence-corrected chi connectivity index (χ1v) is 7.90. The van der Waals surface area contributed by atoms with E-state index < -0.39 is 0 Å². The van der Waals surface area contributed by atoms with Crippen LogP contribution in [0.4, 0.5) is 10.5 Å².